The highest BCUT2D eigenvalue weighted by Gasteiger charge is 2.28. The second kappa shape index (κ2) is 7.11. The zero-order valence-corrected chi connectivity index (χ0v) is 13.0. The molecule has 2 fully saturated rings. The maximum absolute atomic E-state index is 12.3. The van der Waals surface area contributed by atoms with Gasteiger partial charge >= 0.3 is 0 Å². The van der Waals surface area contributed by atoms with Gasteiger partial charge in [0.15, 0.2) is 0 Å². The fourth-order valence-electron chi connectivity index (χ4n) is 3.09. The van der Waals surface area contributed by atoms with Crippen LogP contribution in [0.5, 0.6) is 5.75 Å². The number of amides is 1. The minimum absolute atomic E-state index is 0.0646. The summed E-state index contributed by atoms with van der Waals surface area (Å²) >= 11 is 0. The third-order valence-corrected chi connectivity index (χ3v) is 4.31. The lowest BCUT2D eigenvalue weighted by Gasteiger charge is -2.29. The second-order valence-electron chi connectivity index (χ2n) is 6.05. The molecule has 1 saturated heterocycles. The molecule has 0 aromatic heterocycles. The Morgan fingerprint density at radius 2 is 2.18 bits per heavy atom. The molecule has 0 spiro atoms. The van der Waals surface area contributed by atoms with E-state index in [2.05, 4.69) is 10.6 Å². The van der Waals surface area contributed by atoms with Gasteiger partial charge in [0, 0.05) is 18.3 Å². The Hall–Kier alpha value is -1.59. The molecule has 2 atom stereocenters. The van der Waals surface area contributed by atoms with Crippen molar-refractivity contribution in [2.45, 2.75) is 50.9 Å². The Bertz CT molecular complexity index is 514. The van der Waals surface area contributed by atoms with Gasteiger partial charge in [-0.2, -0.15) is 0 Å². The molecule has 0 unspecified atom stereocenters. The monoisotopic (exact) mass is 304 g/mol. The first-order valence-corrected chi connectivity index (χ1v) is 8.15. The molecule has 1 aromatic rings. The number of carbonyl (C=O) groups excluding carboxylic acids is 1. The Kier molecular flexibility index (Phi) is 4.95. The number of hydrogen-bond donors (Lipinski definition) is 2. The standard InChI is InChI=1S/C17H24N2O3/c1-12-16(18-9-10-21-12)17(20)19-13-5-4-8-15(11-13)22-14-6-2-3-7-14/h4-5,8,11-12,14,16,18H,2-3,6-7,9-10H2,1H3,(H,19,20)/t12-,16+/m1/s1. The summed E-state index contributed by atoms with van der Waals surface area (Å²) in [7, 11) is 0. The van der Waals surface area contributed by atoms with Gasteiger partial charge in [-0.15, -0.1) is 0 Å². The lowest BCUT2D eigenvalue weighted by atomic mass is 10.1. The fourth-order valence-corrected chi connectivity index (χ4v) is 3.09. The molecule has 2 aliphatic rings. The average molecular weight is 304 g/mol. The lowest BCUT2D eigenvalue weighted by Crippen LogP contribution is -2.53. The van der Waals surface area contributed by atoms with Crippen LogP contribution < -0.4 is 15.4 Å². The van der Waals surface area contributed by atoms with Crippen LogP contribution in [0.15, 0.2) is 24.3 Å². The predicted molar refractivity (Wildman–Crippen MR) is 85.2 cm³/mol. The van der Waals surface area contributed by atoms with Crippen LogP contribution in [0, 0.1) is 0 Å². The molecule has 0 radical (unpaired) electrons. The van der Waals surface area contributed by atoms with Crippen molar-refractivity contribution < 1.29 is 14.3 Å². The molecule has 5 nitrogen and oxygen atoms in total. The Morgan fingerprint density at radius 1 is 1.36 bits per heavy atom. The van der Waals surface area contributed by atoms with Gasteiger partial charge in [0.25, 0.3) is 0 Å². The summed E-state index contributed by atoms with van der Waals surface area (Å²) in [4.78, 5) is 12.3. The van der Waals surface area contributed by atoms with Crippen LogP contribution in [0.3, 0.4) is 0 Å². The van der Waals surface area contributed by atoms with E-state index in [1.54, 1.807) is 0 Å². The molecule has 1 saturated carbocycles. The number of nitrogens with one attached hydrogen (secondary N) is 2. The molecule has 1 heterocycles. The summed E-state index contributed by atoms with van der Waals surface area (Å²) in [5, 5.41) is 6.14. The van der Waals surface area contributed by atoms with Crippen LogP contribution in [0.1, 0.15) is 32.6 Å². The molecular weight excluding hydrogens is 280 g/mol. The van der Waals surface area contributed by atoms with Gasteiger partial charge in [-0.3, -0.25) is 4.79 Å². The SMILES string of the molecule is C[C@H]1OCCN[C@@H]1C(=O)Nc1cccc(OC2CCCC2)c1. The minimum Gasteiger partial charge on any atom is -0.490 e. The molecule has 1 aliphatic carbocycles. The molecule has 1 aliphatic heterocycles. The van der Waals surface area contributed by atoms with E-state index < -0.39 is 0 Å². The van der Waals surface area contributed by atoms with Gasteiger partial charge in [0.2, 0.25) is 5.91 Å². The zero-order chi connectivity index (χ0) is 15.4. The van der Waals surface area contributed by atoms with Crippen LogP contribution in [-0.4, -0.2) is 37.3 Å². The molecule has 1 amide bonds. The van der Waals surface area contributed by atoms with Crippen molar-refractivity contribution >= 4 is 11.6 Å². The number of carbonyl (C=O) groups is 1. The van der Waals surface area contributed by atoms with Crippen LogP contribution in [0.2, 0.25) is 0 Å². The molecule has 22 heavy (non-hydrogen) atoms. The van der Waals surface area contributed by atoms with E-state index in [-0.39, 0.29) is 18.1 Å². The van der Waals surface area contributed by atoms with E-state index in [1.807, 2.05) is 31.2 Å². The molecule has 120 valence electrons. The molecule has 5 heteroatoms. The third kappa shape index (κ3) is 3.78. The molecule has 1 aromatic carbocycles. The van der Waals surface area contributed by atoms with E-state index in [1.165, 1.54) is 12.8 Å². The maximum atomic E-state index is 12.3. The smallest absolute Gasteiger partial charge is 0.244 e. The van der Waals surface area contributed by atoms with Crippen molar-refractivity contribution in [2.24, 2.45) is 0 Å². The van der Waals surface area contributed by atoms with E-state index in [0.29, 0.717) is 19.3 Å². The third-order valence-electron chi connectivity index (χ3n) is 4.31. The van der Waals surface area contributed by atoms with Gasteiger partial charge in [0.05, 0.1) is 18.8 Å². The Labute approximate surface area is 131 Å². The van der Waals surface area contributed by atoms with Crippen molar-refractivity contribution in [3.05, 3.63) is 24.3 Å². The van der Waals surface area contributed by atoms with Gasteiger partial charge in [-0.05, 0) is 44.7 Å². The summed E-state index contributed by atoms with van der Waals surface area (Å²) in [6.07, 6.45) is 4.93. The van der Waals surface area contributed by atoms with E-state index in [0.717, 1.165) is 24.3 Å². The first-order valence-electron chi connectivity index (χ1n) is 8.15. The molecule has 3 rings (SSSR count). The number of benzene rings is 1. The highest BCUT2D eigenvalue weighted by Crippen LogP contribution is 2.25. The second-order valence-corrected chi connectivity index (χ2v) is 6.05. The number of anilines is 1. The average Bonchev–Trinajstić information content (AvgIpc) is 3.01. The van der Waals surface area contributed by atoms with E-state index >= 15 is 0 Å². The van der Waals surface area contributed by atoms with Crippen LogP contribution >= 0.6 is 0 Å². The van der Waals surface area contributed by atoms with Crippen molar-refractivity contribution in [3.63, 3.8) is 0 Å². The number of ether oxygens (including phenoxy) is 2. The summed E-state index contributed by atoms with van der Waals surface area (Å²) in [5.74, 6) is 0.760. The highest BCUT2D eigenvalue weighted by atomic mass is 16.5. The largest absolute Gasteiger partial charge is 0.490 e. The summed E-state index contributed by atoms with van der Waals surface area (Å²) in [6.45, 7) is 3.26. The van der Waals surface area contributed by atoms with Crippen molar-refractivity contribution in [2.75, 3.05) is 18.5 Å². The van der Waals surface area contributed by atoms with Gasteiger partial charge in [-0.1, -0.05) is 6.07 Å². The normalized spacial score (nSPS) is 25.9. The molecule has 2 N–H and O–H groups in total. The van der Waals surface area contributed by atoms with Crippen LogP contribution in [-0.2, 0) is 9.53 Å². The Balaban J connectivity index is 1.60. The van der Waals surface area contributed by atoms with Crippen molar-refractivity contribution in [1.29, 1.82) is 0 Å². The van der Waals surface area contributed by atoms with E-state index in [9.17, 15) is 4.79 Å². The fraction of sp³-hybridized carbons (Fsp3) is 0.588. The number of rotatable bonds is 4. The lowest BCUT2D eigenvalue weighted by molar-refractivity contribution is -0.123. The highest BCUT2D eigenvalue weighted by molar-refractivity contribution is 5.95. The van der Waals surface area contributed by atoms with E-state index in [4.69, 9.17) is 9.47 Å². The van der Waals surface area contributed by atoms with Crippen molar-refractivity contribution in [3.8, 4) is 5.75 Å². The predicted octanol–water partition coefficient (Wildman–Crippen LogP) is 2.32. The first kappa shape index (κ1) is 15.3. The van der Waals surface area contributed by atoms with Gasteiger partial charge in [0.1, 0.15) is 11.8 Å². The minimum atomic E-state index is -0.312. The zero-order valence-electron chi connectivity index (χ0n) is 13.0. The number of hydrogen-bond acceptors (Lipinski definition) is 4. The molecule has 0 bridgehead atoms. The maximum Gasteiger partial charge on any atom is 0.244 e. The molecular formula is C17H24N2O3. The van der Waals surface area contributed by atoms with Gasteiger partial charge < -0.3 is 20.1 Å². The van der Waals surface area contributed by atoms with Crippen LogP contribution in [0.4, 0.5) is 5.69 Å². The Morgan fingerprint density at radius 3 is 2.95 bits per heavy atom. The first-order chi connectivity index (χ1) is 10.7. The quantitative estimate of drug-likeness (QED) is 0.896. The summed E-state index contributed by atoms with van der Waals surface area (Å²) in [5.41, 5.74) is 0.764. The summed E-state index contributed by atoms with van der Waals surface area (Å²) in [6, 6.07) is 7.32. The van der Waals surface area contributed by atoms with Crippen LogP contribution in [0.25, 0.3) is 0 Å². The number of morpholine rings is 1. The van der Waals surface area contributed by atoms with Crippen molar-refractivity contribution in [1.82, 2.24) is 5.32 Å². The summed E-state index contributed by atoms with van der Waals surface area (Å²) < 4.78 is 11.5. The topological polar surface area (TPSA) is 59.6 Å². The van der Waals surface area contributed by atoms with Gasteiger partial charge in [-0.25, -0.2) is 0 Å².